The molecule has 0 aliphatic heterocycles. The molecule has 0 amide bonds. The summed E-state index contributed by atoms with van der Waals surface area (Å²) < 4.78 is 28.1. The fraction of sp³-hybridized carbons (Fsp3) is 0.333. The molecule has 1 rings (SSSR count). The Morgan fingerprint density at radius 1 is 1.35 bits per heavy atom. The molecule has 5 heteroatoms. The molecule has 94 valence electrons. The number of benzene rings is 1. The van der Waals surface area contributed by atoms with Crippen LogP contribution < -0.4 is 9.88 Å². The molecular formula is C12H17NO3S. The topological polar surface area (TPSA) is 69.4 Å². The van der Waals surface area contributed by atoms with Crippen LogP contribution in [0.1, 0.15) is 18.1 Å². The van der Waals surface area contributed by atoms with Crippen molar-refractivity contribution >= 4 is 10.0 Å². The Kier molecular flexibility index (Phi) is 3.95. The third kappa shape index (κ3) is 3.31. The van der Waals surface area contributed by atoms with Gasteiger partial charge in [0.15, 0.2) is 0 Å². The van der Waals surface area contributed by atoms with E-state index in [2.05, 4.69) is 6.58 Å². The van der Waals surface area contributed by atoms with Crippen LogP contribution in [0.4, 0.5) is 0 Å². The lowest BCUT2D eigenvalue weighted by Crippen LogP contribution is -2.14. The zero-order valence-corrected chi connectivity index (χ0v) is 11.1. The molecule has 1 aromatic carbocycles. The summed E-state index contributed by atoms with van der Waals surface area (Å²) in [5.41, 5.74) is 2.29. The Hall–Kier alpha value is -1.33. The van der Waals surface area contributed by atoms with Gasteiger partial charge in [0.1, 0.15) is 12.4 Å². The molecular weight excluding hydrogens is 238 g/mol. The summed E-state index contributed by atoms with van der Waals surface area (Å²) in [4.78, 5) is 0.137. The molecule has 0 heterocycles. The van der Waals surface area contributed by atoms with Crippen molar-refractivity contribution in [1.29, 1.82) is 0 Å². The molecule has 0 radical (unpaired) electrons. The molecule has 17 heavy (non-hydrogen) atoms. The Labute approximate surface area is 102 Å². The molecule has 0 saturated heterocycles. The van der Waals surface area contributed by atoms with Gasteiger partial charge in [-0.25, -0.2) is 13.6 Å². The summed E-state index contributed by atoms with van der Waals surface area (Å²) in [6.07, 6.45) is 0. The lowest BCUT2D eigenvalue weighted by molar-refractivity contribution is 0.349. The predicted molar refractivity (Wildman–Crippen MR) is 67.6 cm³/mol. The van der Waals surface area contributed by atoms with E-state index in [-0.39, 0.29) is 4.90 Å². The molecule has 0 aliphatic carbocycles. The molecule has 2 N–H and O–H groups in total. The lowest BCUT2D eigenvalue weighted by atomic mass is 10.1. The van der Waals surface area contributed by atoms with Gasteiger partial charge in [0.05, 0.1) is 4.90 Å². The quantitative estimate of drug-likeness (QED) is 0.835. The number of nitrogens with two attached hydrogens (primary N) is 1. The van der Waals surface area contributed by atoms with Crippen LogP contribution in [0.15, 0.2) is 29.2 Å². The number of hydrogen-bond acceptors (Lipinski definition) is 3. The van der Waals surface area contributed by atoms with E-state index in [1.807, 2.05) is 6.92 Å². The first-order valence-corrected chi connectivity index (χ1v) is 6.68. The van der Waals surface area contributed by atoms with E-state index in [1.54, 1.807) is 19.9 Å². The maximum Gasteiger partial charge on any atom is 0.238 e. The molecule has 0 saturated carbocycles. The molecule has 0 unspecified atom stereocenters. The first-order chi connectivity index (χ1) is 7.73. The summed E-state index contributed by atoms with van der Waals surface area (Å²) in [7, 11) is -3.68. The van der Waals surface area contributed by atoms with Crippen LogP contribution in [0.25, 0.3) is 0 Å². The summed E-state index contributed by atoms with van der Waals surface area (Å²) in [6, 6.07) is 3.08. The highest BCUT2D eigenvalue weighted by molar-refractivity contribution is 7.89. The second-order valence-corrected chi connectivity index (χ2v) is 5.63. The van der Waals surface area contributed by atoms with Crippen molar-refractivity contribution in [3.05, 3.63) is 35.4 Å². The monoisotopic (exact) mass is 255 g/mol. The van der Waals surface area contributed by atoms with Crippen molar-refractivity contribution in [2.24, 2.45) is 5.14 Å². The first kappa shape index (κ1) is 13.7. The zero-order chi connectivity index (χ0) is 13.2. The van der Waals surface area contributed by atoms with Crippen LogP contribution in [-0.4, -0.2) is 15.0 Å². The molecule has 0 aromatic heterocycles. The van der Waals surface area contributed by atoms with Gasteiger partial charge in [0, 0.05) is 0 Å². The number of ether oxygens (including phenoxy) is 1. The average molecular weight is 255 g/mol. The smallest absolute Gasteiger partial charge is 0.238 e. The molecule has 4 nitrogen and oxygen atoms in total. The van der Waals surface area contributed by atoms with Crippen molar-refractivity contribution in [1.82, 2.24) is 0 Å². The third-order valence-corrected chi connectivity index (χ3v) is 3.52. The third-order valence-electron chi connectivity index (χ3n) is 2.47. The van der Waals surface area contributed by atoms with Crippen molar-refractivity contribution in [3.63, 3.8) is 0 Å². The van der Waals surface area contributed by atoms with Gasteiger partial charge in [0.25, 0.3) is 0 Å². The van der Waals surface area contributed by atoms with Gasteiger partial charge < -0.3 is 4.74 Å². The van der Waals surface area contributed by atoms with Gasteiger partial charge >= 0.3 is 0 Å². The number of rotatable bonds is 4. The van der Waals surface area contributed by atoms with E-state index in [9.17, 15) is 8.42 Å². The van der Waals surface area contributed by atoms with Crippen LogP contribution in [-0.2, 0) is 10.0 Å². The minimum atomic E-state index is -3.68. The van der Waals surface area contributed by atoms with Crippen molar-refractivity contribution < 1.29 is 13.2 Å². The Balaban J connectivity index is 3.16. The Bertz CT molecular complexity index is 547. The summed E-state index contributed by atoms with van der Waals surface area (Å²) in [5.74, 6) is 0.651. The Morgan fingerprint density at radius 3 is 2.41 bits per heavy atom. The zero-order valence-electron chi connectivity index (χ0n) is 10.3. The van der Waals surface area contributed by atoms with E-state index in [0.29, 0.717) is 17.9 Å². The largest absolute Gasteiger partial charge is 0.489 e. The van der Waals surface area contributed by atoms with Crippen LogP contribution in [0.5, 0.6) is 5.75 Å². The summed E-state index contributed by atoms with van der Waals surface area (Å²) in [5, 5.41) is 5.12. The molecule has 0 atom stereocenters. The molecule has 0 aliphatic rings. The van der Waals surface area contributed by atoms with Crippen molar-refractivity contribution in [2.45, 2.75) is 25.7 Å². The minimum Gasteiger partial charge on any atom is -0.489 e. The summed E-state index contributed by atoms with van der Waals surface area (Å²) in [6.45, 7) is 9.53. The van der Waals surface area contributed by atoms with E-state index >= 15 is 0 Å². The fourth-order valence-corrected chi connectivity index (χ4v) is 2.27. The SMILES string of the molecule is C=C(C)COc1ccc(S(N)(=O)=O)c(C)c1C. The molecule has 0 spiro atoms. The maximum atomic E-state index is 11.3. The van der Waals surface area contributed by atoms with Crippen LogP contribution in [0, 0.1) is 13.8 Å². The van der Waals surface area contributed by atoms with Crippen LogP contribution in [0.2, 0.25) is 0 Å². The van der Waals surface area contributed by atoms with E-state index in [0.717, 1.165) is 11.1 Å². The number of primary sulfonamides is 1. The van der Waals surface area contributed by atoms with Gasteiger partial charge in [-0.05, 0) is 49.6 Å². The fourth-order valence-electron chi connectivity index (χ4n) is 1.44. The van der Waals surface area contributed by atoms with Gasteiger partial charge in [-0.15, -0.1) is 0 Å². The average Bonchev–Trinajstić information content (AvgIpc) is 2.18. The second-order valence-electron chi connectivity index (χ2n) is 4.10. The Morgan fingerprint density at radius 2 is 1.94 bits per heavy atom. The van der Waals surface area contributed by atoms with Gasteiger partial charge in [-0.1, -0.05) is 6.58 Å². The number of hydrogen-bond donors (Lipinski definition) is 1. The molecule has 0 bridgehead atoms. The van der Waals surface area contributed by atoms with Gasteiger partial charge in [-0.2, -0.15) is 0 Å². The first-order valence-electron chi connectivity index (χ1n) is 5.13. The normalized spacial score (nSPS) is 11.3. The van der Waals surface area contributed by atoms with Gasteiger partial charge in [0.2, 0.25) is 10.0 Å². The highest BCUT2D eigenvalue weighted by Crippen LogP contribution is 2.26. The van der Waals surface area contributed by atoms with Crippen LogP contribution >= 0.6 is 0 Å². The highest BCUT2D eigenvalue weighted by atomic mass is 32.2. The standard InChI is InChI=1S/C12H17NO3S/c1-8(2)7-16-11-5-6-12(17(13,14)15)10(4)9(11)3/h5-6H,1,7H2,2-4H3,(H2,13,14,15). The van der Waals surface area contributed by atoms with E-state index in [1.165, 1.54) is 6.07 Å². The van der Waals surface area contributed by atoms with E-state index in [4.69, 9.17) is 9.88 Å². The number of sulfonamides is 1. The highest BCUT2D eigenvalue weighted by Gasteiger charge is 2.15. The lowest BCUT2D eigenvalue weighted by Gasteiger charge is -2.13. The van der Waals surface area contributed by atoms with Crippen LogP contribution in [0.3, 0.4) is 0 Å². The summed E-state index contributed by atoms with van der Waals surface area (Å²) >= 11 is 0. The van der Waals surface area contributed by atoms with Crippen molar-refractivity contribution in [2.75, 3.05) is 6.61 Å². The van der Waals surface area contributed by atoms with E-state index < -0.39 is 10.0 Å². The predicted octanol–water partition coefficient (Wildman–Crippen LogP) is 1.91. The maximum absolute atomic E-state index is 11.3. The molecule has 0 fully saturated rings. The minimum absolute atomic E-state index is 0.137. The second kappa shape index (κ2) is 4.89. The molecule has 1 aromatic rings. The van der Waals surface area contributed by atoms with Crippen molar-refractivity contribution in [3.8, 4) is 5.75 Å². The van der Waals surface area contributed by atoms with Gasteiger partial charge in [-0.3, -0.25) is 0 Å².